The van der Waals surface area contributed by atoms with Gasteiger partial charge in [0.15, 0.2) is 5.11 Å². The van der Waals surface area contributed by atoms with Crippen molar-refractivity contribution in [1.29, 1.82) is 0 Å². The number of nitrogens with one attached hydrogen (secondary N) is 2. The molecule has 2 fully saturated rings. The molecule has 1 aliphatic heterocycles. The Morgan fingerprint density at radius 1 is 1.38 bits per heavy atom. The normalized spacial score (nSPS) is 31.6. The molecule has 0 radical (unpaired) electrons. The lowest BCUT2D eigenvalue weighted by Crippen LogP contribution is -2.43. The first-order chi connectivity index (χ1) is 11.3. The van der Waals surface area contributed by atoms with Gasteiger partial charge in [0.2, 0.25) is 11.8 Å². The summed E-state index contributed by atoms with van der Waals surface area (Å²) in [5.74, 6) is -0.0914. The molecule has 2 rings (SSSR count). The summed E-state index contributed by atoms with van der Waals surface area (Å²) in [5, 5.41) is 17.5. The van der Waals surface area contributed by atoms with Crippen LogP contribution in [0.5, 0.6) is 0 Å². The van der Waals surface area contributed by atoms with Crippen molar-refractivity contribution in [1.82, 2.24) is 10.7 Å². The molecule has 134 valence electrons. The van der Waals surface area contributed by atoms with Crippen molar-refractivity contribution in [2.45, 2.75) is 52.1 Å². The number of aliphatic hydroxyl groups is 1. The van der Waals surface area contributed by atoms with Crippen LogP contribution in [-0.4, -0.2) is 33.8 Å². The molecule has 8 heteroatoms. The van der Waals surface area contributed by atoms with E-state index < -0.39 is 6.10 Å². The molecule has 0 aromatic heterocycles. The third-order valence-electron chi connectivity index (χ3n) is 4.86. The van der Waals surface area contributed by atoms with E-state index >= 15 is 0 Å². The number of nitrogens with two attached hydrogens (primary N) is 1. The summed E-state index contributed by atoms with van der Waals surface area (Å²) in [5.41, 5.74) is 8.94. The molecule has 0 aromatic carbocycles. The van der Waals surface area contributed by atoms with E-state index in [1.54, 1.807) is 0 Å². The Balaban J connectivity index is 2.09. The minimum absolute atomic E-state index is 0.0936. The molecule has 0 bridgehead atoms. The molecule has 1 saturated carbocycles. The van der Waals surface area contributed by atoms with Gasteiger partial charge in [-0.2, -0.15) is 5.10 Å². The summed E-state index contributed by atoms with van der Waals surface area (Å²) >= 11 is 4.80. The van der Waals surface area contributed by atoms with Crippen LogP contribution in [0.15, 0.2) is 5.10 Å². The summed E-state index contributed by atoms with van der Waals surface area (Å²) in [6, 6.07) is 0. The largest absolute Gasteiger partial charge is 0.392 e. The van der Waals surface area contributed by atoms with Gasteiger partial charge >= 0.3 is 0 Å². The van der Waals surface area contributed by atoms with Crippen LogP contribution in [0.4, 0.5) is 0 Å². The number of hydrogen-bond acceptors (Lipinski definition) is 5. The van der Waals surface area contributed by atoms with Gasteiger partial charge in [0.25, 0.3) is 0 Å². The van der Waals surface area contributed by atoms with Gasteiger partial charge in [0, 0.05) is 24.5 Å². The Hall–Kier alpha value is -1.54. The van der Waals surface area contributed by atoms with Crippen molar-refractivity contribution in [3.8, 4) is 0 Å². The number of imide groups is 1. The minimum atomic E-state index is -0.647. The maximum atomic E-state index is 11.5. The number of aliphatic hydroxyl groups excluding tert-OH is 1. The summed E-state index contributed by atoms with van der Waals surface area (Å²) in [6.07, 6.45) is 2.12. The topological polar surface area (TPSA) is 117 Å². The summed E-state index contributed by atoms with van der Waals surface area (Å²) in [6.45, 7) is 4.23. The van der Waals surface area contributed by atoms with Crippen molar-refractivity contribution in [3.63, 3.8) is 0 Å². The number of nitrogens with zero attached hydrogens (tertiary/aromatic N) is 1. The van der Waals surface area contributed by atoms with E-state index in [4.69, 9.17) is 18.0 Å². The van der Waals surface area contributed by atoms with E-state index in [9.17, 15) is 14.7 Å². The Bertz CT molecular complexity index is 535. The molecule has 7 nitrogen and oxygen atoms in total. The molecule has 2 aliphatic rings. The second-order valence-electron chi connectivity index (χ2n) is 7.15. The highest BCUT2D eigenvalue weighted by atomic mass is 32.1. The Kier molecular flexibility index (Phi) is 6.28. The zero-order valence-corrected chi connectivity index (χ0v) is 14.9. The molecule has 1 saturated heterocycles. The van der Waals surface area contributed by atoms with Crippen molar-refractivity contribution in [3.05, 3.63) is 0 Å². The first kappa shape index (κ1) is 18.8. The Morgan fingerprint density at radius 2 is 2.00 bits per heavy atom. The summed E-state index contributed by atoms with van der Waals surface area (Å²) < 4.78 is 0. The van der Waals surface area contributed by atoms with Crippen molar-refractivity contribution >= 4 is 34.9 Å². The lowest BCUT2D eigenvalue weighted by atomic mass is 9.71. The fourth-order valence-electron chi connectivity index (χ4n) is 3.93. The molecule has 24 heavy (non-hydrogen) atoms. The van der Waals surface area contributed by atoms with Crippen LogP contribution >= 0.6 is 12.2 Å². The number of thiocarbonyl (C=S) groups is 1. The lowest BCUT2D eigenvalue weighted by molar-refractivity contribution is -0.135. The number of hydrogen-bond donors (Lipinski definition) is 4. The van der Waals surface area contributed by atoms with Crippen LogP contribution < -0.4 is 16.5 Å². The maximum Gasteiger partial charge on any atom is 0.226 e. The van der Waals surface area contributed by atoms with Gasteiger partial charge in [-0.3, -0.25) is 20.3 Å². The number of carbonyl (C=O) groups excluding carboxylic acids is 2. The molecule has 2 amide bonds. The summed E-state index contributed by atoms with van der Waals surface area (Å²) in [4.78, 5) is 23.0. The lowest BCUT2D eigenvalue weighted by Gasteiger charge is -2.37. The van der Waals surface area contributed by atoms with Crippen LogP contribution in [-0.2, 0) is 9.59 Å². The van der Waals surface area contributed by atoms with Gasteiger partial charge < -0.3 is 10.8 Å². The first-order valence-corrected chi connectivity index (χ1v) is 8.80. The average Bonchev–Trinajstić information content (AvgIpc) is 2.44. The number of rotatable bonds is 4. The molecule has 4 unspecified atom stereocenters. The Labute approximate surface area is 147 Å². The van der Waals surface area contributed by atoms with E-state index in [1.165, 1.54) is 0 Å². The van der Waals surface area contributed by atoms with Crippen LogP contribution in [0.2, 0.25) is 0 Å². The minimum Gasteiger partial charge on any atom is -0.392 e. The van der Waals surface area contributed by atoms with Crippen LogP contribution in [0, 0.1) is 23.7 Å². The zero-order chi connectivity index (χ0) is 17.9. The first-order valence-electron chi connectivity index (χ1n) is 8.39. The molecule has 1 heterocycles. The van der Waals surface area contributed by atoms with Gasteiger partial charge in [-0.25, -0.2) is 0 Å². The van der Waals surface area contributed by atoms with E-state index in [1.807, 2.05) is 0 Å². The Morgan fingerprint density at radius 3 is 2.58 bits per heavy atom. The fourth-order valence-corrected chi connectivity index (χ4v) is 3.98. The van der Waals surface area contributed by atoms with Crippen molar-refractivity contribution in [2.75, 3.05) is 0 Å². The quantitative estimate of drug-likeness (QED) is 0.335. The number of piperidine rings is 1. The molecule has 1 aliphatic carbocycles. The van der Waals surface area contributed by atoms with Gasteiger partial charge in [-0.1, -0.05) is 13.8 Å². The maximum absolute atomic E-state index is 11.5. The van der Waals surface area contributed by atoms with E-state index in [0.717, 1.165) is 18.6 Å². The third kappa shape index (κ3) is 4.98. The number of carbonyl (C=O) groups is 2. The van der Waals surface area contributed by atoms with E-state index in [2.05, 4.69) is 29.7 Å². The van der Waals surface area contributed by atoms with Gasteiger partial charge in [-0.05, 0) is 49.2 Å². The highest BCUT2D eigenvalue weighted by Crippen LogP contribution is 2.35. The van der Waals surface area contributed by atoms with Crippen molar-refractivity contribution < 1.29 is 14.7 Å². The molecular weight excluding hydrogens is 328 g/mol. The predicted molar refractivity (Wildman–Crippen MR) is 94.9 cm³/mol. The van der Waals surface area contributed by atoms with Crippen molar-refractivity contribution in [2.24, 2.45) is 34.5 Å². The highest BCUT2D eigenvalue weighted by Gasteiger charge is 2.37. The van der Waals surface area contributed by atoms with Gasteiger partial charge in [-0.15, -0.1) is 0 Å². The molecular formula is C16H26N4O3S. The molecule has 0 aromatic rings. The van der Waals surface area contributed by atoms with Crippen LogP contribution in [0.3, 0.4) is 0 Å². The van der Waals surface area contributed by atoms with Crippen LogP contribution in [0.25, 0.3) is 0 Å². The van der Waals surface area contributed by atoms with Gasteiger partial charge in [0.1, 0.15) is 0 Å². The number of amides is 2. The molecule has 4 atom stereocenters. The van der Waals surface area contributed by atoms with Crippen LogP contribution in [0.1, 0.15) is 46.0 Å². The van der Waals surface area contributed by atoms with E-state index in [-0.39, 0.29) is 47.5 Å². The SMILES string of the molecule is CC1CC(C)/C(=N\NC(N)=S)C(C(O)CC2CC(=O)NC(=O)C2)C1. The predicted octanol–water partition coefficient (Wildman–Crippen LogP) is 0.662. The second kappa shape index (κ2) is 8.02. The van der Waals surface area contributed by atoms with E-state index in [0.29, 0.717) is 12.3 Å². The zero-order valence-electron chi connectivity index (χ0n) is 14.1. The average molecular weight is 354 g/mol. The molecule has 5 N–H and O–H groups in total. The number of hydrazone groups is 1. The monoisotopic (exact) mass is 354 g/mol. The fraction of sp³-hybridized carbons (Fsp3) is 0.750. The highest BCUT2D eigenvalue weighted by molar-refractivity contribution is 7.80. The second-order valence-corrected chi connectivity index (χ2v) is 7.59. The summed E-state index contributed by atoms with van der Waals surface area (Å²) in [7, 11) is 0. The van der Waals surface area contributed by atoms with Gasteiger partial charge in [0.05, 0.1) is 6.10 Å². The third-order valence-corrected chi connectivity index (χ3v) is 4.95. The standard InChI is InChI=1S/C16H26N4O3S/c1-8-3-9(2)15(19-20-16(17)24)11(4-8)12(21)5-10-6-13(22)18-14(23)7-10/h8-12,21H,3-7H2,1-2H3,(H3,17,20,24)(H,18,22,23)/b19-15+. The smallest absolute Gasteiger partial charge is 0.226 e. The molecule has 0 spiro atoms.